The van der Waals surface area contributed by atoms with Gasteiger partial charge in [0.15, 0.2) is 0 Å². The minimum atomic E-state index is -3.46. The molecule has 0 amide bonds. The lowest BCUT2D eigenvalue weighted by Gasteiger charge is -2.34. The second kappa shape index (κ2) is 7.95. The van der Waals surface area contributed by atoms with Gasteiger partial charge in [-0.05, 0) is 43.2 Å². The number of ether oxygens (including phenoxy) is 2. The van der Waals surface area contributed by atoms with Gasteiger partial charge in [-0.25, -0.2) is 18.4 Å². The Morgan fingerprint density at radius 1 is 1.21 bits per heavy atom. The molecule has 0 bridgehead atoms. The third kappa shape index (κ3) is 5.34. The summed E-state index contributed by atoms with van der Waals surface area (Å²) in [6.07, 6.45) is 7.17. The number of nitrogens with one attached hydrogen (secondary N) is 1. The van der Waals surface area contributed by atoms with Gasteiger partial charge >= 0.3 is 0 Å². The van der Waals surface area contributed by atoms with E-state index in [0.29, 0.717) is 22.6 Å². The van der Waals surface area contributed by atoms with Crippen molar-refractivity contribution in [2.75, 3.05) is 18.1 Å². The zero-order chi connectivity index (χ0) is 20.4. The van der Waals surface area contributed by atoms with Crippen molar-refractivity contribution in [1.82, 2.24) is 9.97 Å². The Kier molecular flexibility index (Phi) is 5.79. The van der Waals surface area contributed by atoms with E-state index in [1.807, 2.05) is 18.2 Å². The number of pyridine rings is 2. The molecule has 2 aromatic heterocycles. The standard InChI is InChI=1S/C20H27N3O4S/c1-20(2)10-8-15(9-11-20)27-18-7-5-6-16(22-18)14-12-17(23-28(4,24)25)19(26-3)21-13-14/h5-7,12-13,15,23H,8-11H2,1-4H3. The van der Waals surface area contributed by atoms with Crippen LogP contribution in [0.5, 0.6) is 11.8 Å². The van der Waals surface area contributed by atoms with Gasteiger partial charge in [0.2, 0.25) is 21.8 Å². The summed E-state index contributed by atoms with van der Waals surface area (Å²) in [5.74, 6) is 0.766. The Hall–Kier alpha value is -2.35. The van der Waals surface area contributed by atoms with Crippen LogP contribution in [0.1, 0.15) is 39.5 Å². The fraction of sp³-hybridized carbons (Fsp3) is 0.500. The maximum atomic E-state index is 11.6. The van der Waals surface area contributed by atoms with Crippen LogP contribution in [-0.4, -0.2) is 37.9 Å². The van der Waals surface area contributed by atoms with Crippen LogP contribution < -0.4 is 14.2 Å². The Morgan fingerprint density at radius 2 is 1.93 bits per heavy atom. The quantitative estimate of drug-likeness (QED) is 0.784. The van der Waals surface area contributed by atoms with Crippen molar-refractivity contribution < 1.29 is 17.9 Å². The highest BCUT2D eigenvalue weighted by Gasteiger charge is 2.28. The number of methoxy groups -OCH3 is 1. The Labute approximate surface area is 166 Å². The van der Waals surface area contributed by atoms with Gasteiger partial charge in [-0.3, -0.25) is 4.72 Å². The first kappa shape index (κ1) is 20.4. The zero-order valence-electron chi connectivity index (χ0n) is 16.7. The SMILES string of the molecule is COc1ncc(-c2cccc(OC3CCC(C)(C)CC3)n2)cc1NS(C)(=O)=O. The average molecular weight is 406 g/mol. The molecular weight excluding hydrogens is 378 g/mol. The van der Waals surface area contributed by atoms with Crippen LogP contribution in [0, 0.1) is 5.41 Å². The van der Waals surface area contributed by atoms with E-state index < -0.39 is 10.0 Å². The van der Waals surface area contributed by atoms with Gasteiger partial charge in [0.1, 0.15) is 11.8 Å². The zero-order valence-corrected chi connectivity index (χ0v) is 17.5. The minimum absolute atomic E-state index is 0.173. The first-order valence-corrected chi connectivity index (χ1v) is 11.2. The molecule has 1 aliphatic carbocycles. The molecule has 0 aliphatic heterocycles. The van der Waals surface area contributed by atoms with Crippen molar-refractivity contribution in [2.45, 2.75) is 45.6 Å². The van der Waals surface area contributed by atoms with E-state index in [1.54, 1.807) is 12.3 Å². The van der Waals surface area contributed by atoms with E-state index in [0.717, 1.165) is 31.9 Å². The summed E-state index contributed by atoms with van der Waals surface area (Å²) in [6, 6.07) is 7.21. The Morgan fingerprint density at radius 3 is 2.57 bits per heavy atom. The molecule has 0 unspecified atom stereocenters. The molecule has 0 aromatic carbocycles. The maximum absolute atomic E-state index is 11.6. The van der Waals surface area contributed by atoms with E-state index in [-0.39, 0.29) is 17.7 Å². The van der Waals surface area contributed by atoms with E-state index in [1.165, 1.54) is 7.11 Å². The van der Waals surface area contributed by atoms with Crippen LogP contribution in [0.4, 0.5) is 5.69 Å². The lowest BCUT2D eigenvalue weighted by Crippen LogP contribution is -2.28. The van der Waals surface area contributed by atoms with Crippen molar-refractivity contribution in [3.05, 3.63) is 30.5 Å². The molecule has 2 aromatic rings. The minimum Gasteiger partial charge on any atom is -0.480 e. The van der Waals surface area contributed by atoms with Gasteiger partial charge in [0, 0.05) is 17.8 Å². The van der Waals surface area contributed by atoms with Crippen LogP contribution in [0.2, 0.25) is 0 Å². The Bertz CT molecular complexity index is 934. The van der Waals surface area contributed by atoms with Crippen molar-refractivity contribution in [2.24, 2.45) is 5.41 Å². The third-order valence-electron chi connectivity index (χ3n) is 4.93. The van der Waals surface area contributed by atoms with Crippen LogP contribution in [0.25, 0.3) is 11.3 Å². The fourth-order valence-corrected chi connectivity index (χ4v) is 3.88. The molecule has 152 valence electrons. The first-order valence-electron chi connectivity index (χ1n) is 9.31. The molecule has 1 N–H and O–H groups in total. The predicted octanol–water partition coefficient (Wildman–Crippen LogP) is 3.87. The van der Waals surface area contributed by atoms with Crippen molar-refractivity contribution >= 4 is 15.7 Å². The molecule has 1 fully saturated rings. The summed E-state index contributed by atoms with van der Waals surface area (Å²) in [4.78, 5) is 8.78. The lowest BCUT2D eigenvalue weighted by atomic mass is 9.76. The molecule has 0 radical (unpaired) electrons. The number of hydrogen-bond acceptors (Lipinski definition) is 6. The molecule has 1 aliphatic rings. The Balaban J connectivity index is 1.81. The first-order chi connectivity index (χ1) is 13.1. The second-order valence-electron chi connectivity index (χ2n) is 8.00. The van der Waals surface area contributed by atoms with Gasteiger partial charge in [0.25, 0.3) is 0 Å². The molecule has 0 spiro atoms. The highest BCUT2D eigenvalue weighted by atomic mass is 32.2. The summed E-state index contributed by atoms with van der Waals surface area (Å²) in [5.41, 5.74) is 1.97. The summed E-state index contributed by atoms with van der Waals surface area (Å²) in [5, 5.41) is 0. The topological polar surface area (TPSA) is 90.4 Å². The van der Waals surface area contributed by atoms with Crippen molar-refractivity contribution in [3.63, 3.8) is 0 Å². The highest BCUT2D eigenvalue weighted by Crippen LogP contribution is 2.36. The van der Waals surface area contributed by atoms with Crippen LogP contribution in [0.15, 0.2) is 30.5 Å². The van der Waals surface area contributed by atoms with Crippen molar-refractivity contribution in [1.29, 1.82) is 0 Å². The fourth-order valence-electron chi connectivity index (χ4n) is 3.33. The van der Waals surface area contributed by atoms with Gasteiger partial charge in [0.05, 0.1) is 19.1 Å². The summed E-state index contributed by atoms with van der Waals surface area (Å²) >= 11 is 0. The number of aromatic nitrogens is 2. The molecular formula is C20H27N3O4S. The monoisotopic (exact) mass is 405 g/mol. The van der Waals surface area contributed by atoms with Crippen LogP contribution in [-0.2, 0) is 10.0 Å². The molecule has 7 nitrogen and oxygen atoms in total. The molecule has 0 atom stereocenters. The average Bonchev–Trinajstić information content (AvgIpc) is 2.62. The summed E-state index contributed by atoms with van der Waals surface area (Å²) in [6.45, 7) is 4.59. The number of sulfonamides is 1. The van der Waals surface area contributed by atoms with E-state index in [4.69, 9.17) is 9.47 Å². The molecule has 1 saturated carbocycles. The normalized spacial score (nSPS) is 17.1. The number of rotatable bonds is 6. The van der Waals surface area contributed by atoms with Crippen molar-refractivity contribution in [3.8, 4) is 23.0 Å². The van der Waals surface area contributed by atoms with Crippen LogP contribution >= 0.6 is 0 Å². The van der Waals surface area contributed by atoms with E-state index in [9.17, 15) is 8.42 Å². The van der Waals surface area contributed by atoms with Gasteiger partial charge < -0.3 is 9.47 Å². The predicted molar refractivity (Wildman–Crippen MR) is 109 cm³/mol. The smallest absolute Gasteiger partial charge is 0.238 e. The van der Waals surface area contributed by atoms with Crippen LogP contribution in [0.3, 0.4) is 0 Å². The number of nitrogens with zero attached hydrogens (tertiary/aromatic N) is 2. The summed E-state index contributed by atoms with van der Waals surface area (Å²) in [7, 11) is -2.02. The molecule has 3 rings (SSSR count). The molecule has 8 heteroatoms. The van der Waals surface area contributed by atoms with E-state index in [2.05, 4.69) is 28.5 Å². The largest absolute Gasteiger partial charge is 0.480 e. The number of anilines is 1. The van der Waals surface area contributed by atoms with Gasteiger partial charge in [-0.1, -0.05) is 19.9 Å². The second-order valence-corrected chi connectivity index (χ2v) is 9.75. The number of hydrogen-bond donors (Lipinski definition) is 1. The molecule has 2 heterocycles. The maximum Gasteiger partial charge on any atom is 0.238 e. The molecule has 0 saturated heterocycles. The lowest BCUT2D eigenvalue weighted by molar-refractivity contribution is 0.0950. The summed E-state index contributed by atoms with van der Waals surface area (Å²) < 4.78 is 36.9. The van der Waals surface area contributed by atoms with E-state index >= 15 is 0 Å². The van der Waals surface area contributed by atoms with Gasteiger partial charge in [-0.15, -0.1) is 0 Å². The third-order valence-corrected chi connectivity index (χ3v) is 5.52. The van der Waals surface area contributed by atoms with Gasteiger partial charge in [-0.2, -0.15) is 0 Å². The molecule has 28 heavy (non-hydrogen) atoms. The highest BCUT2D eigenvalue weighted by molar-refractivity contribution is 7.92.